The van der Waals surface area contributed by atoms with Crippen LogP contribution in [0.25, 0.3) is 0 Å². The Kier molecular flexibility index (Phi) is 7.59. The van der Waals surface area contributed by atoms with Crippen molar-refractivity contribution in [1.82, 2.24) is 10.4 Å². The number of nitrogens with zero attached hydrogens (tertiary/aromatic N) is 1. The van der Waals surface area contributed by atoms with E-state index < -0.39 is 31.3 Å². The summed E-state index contributed by atoms with van der Waals surface area (Å²) in [5.74, 6) is 0. The molecule has 6 nitrogen and oxygen atoms in total. The number of alkyl carbamates (subject to hydrolysis) is 1. The maximum Gasteiger partial charge on any atom is 0.410 e. The fourth-order valence-electron chi connectivity index (χ4n) is 4.11. The first kappa shape index (κ1) is 27.4. The van der Waals surface area contributed by atoms with Gasteiger partial charge in [-0.25, -0.2) is 4.79 Å². The highest BCUT2D eigenvalue weighted by Crippen LogP contribution is 2.50. The Bertz CT molecular complexity index is 1000. The molecule has 1 aliphatic heterocycles. The predicted octanol–water partition coefficient (Wildman–Crippen LogP) is 6.59. The van der Waals surface area contributed by atoms with Crippen LogP contribution >= 0.6 is 0 Å². The summed E-state index contributed by atoms with van der Waals surface area (Å²) < 4.78 is 12.9. The van der Waals surface area contributed by atoms with E-state index in [0.29, 0.717) is 13.1 Å². The summed E-state index contributed by atoms with van der Waals surface area (Å²) in [6.45, 7) is 19.6. The van der Waals surface area contributed by atoms with Crippen LogP contribution in [0.2, 0.25) is 18.1 Å². The standard InChI is InChI=1S/C28H42N2O4Si/c1-25(2,3)32-24(31)29-27(7)28(23-18-14-11-15-19-23,34-35(8,9)26(4,5)6)21-30(33-27)20-22-16-12-10-13-17-22/h10-19H,20-21H2,1-9H3,(H,29,31). The van der Waals surface area contributed by atoms with E-state index in [2.05, 4.69) is 63.4 Å². The van der Waals surface area contributed by atoms with Gasteiger partial charge in [0.15, 0.2) is 14.0 Å². The van der Waals surface area contributed by atoms with Crippen molar-refractivity contribution >= 4 is 14.4 Å². The number of amides is 1. The predicted molar refractivity (Wildman–Crippen MR) is 142 cm³/mol. The van der Waals surface area contributed by atoms with Crippen LogP contribution in [-0.2, 0) is 26.1 Å². The van der Waals surface area contributed by atoms with Gasteiger partial charge in [0, 0.05) is 6.54 Å². The third kappa shape index (κ3) is 6.15. The Labute approximate surface area is 212 Å². The molecule has 0 spiro atoms. The van der Waals surface area contributed by atoms with Crippen molar-refractivity contribution in [2.75, 3.05) is 6.54 Å². The minimum absolute atomic E-state index is 0.0472. The summed E-state index contributed by atoms with van der Waals surface area (Å²) in [5.41, 5.74) is -0.732. The van der Waals surface area contributed by atoms with Crippen molar-refractivity contribution in [3.63, 3.8) is 0 Å². The van der Waals surface area contributed by atoms with E-state index in [1.165, 1.54) is 0 Å². The second kappa shape index (κ2) is 9.69. The molecule has 2 aromatic carbocycles. The summed E-state index contributed by atoms with van der Waals surface area (Å²) >= 11 is 0. The number of carbonyl (C=O) groups is 1. The van der Waals surface area contributed by atoms with E-state index in [1.807, 2.05) is 69.2 Å². The van der Waals surface area contributed by atoms with Gasteiger partial charge in [-0.2, -0.15) is 5.06 Å². The summed E-state index contributed by atoms with van der Waals surface area (Å²) in [7, 11) is -2.33. The van der Waals surface area contributed by atoms with E-state index in [-0.39, 0.29) is 5.04 Å². The number of hydrogen-bond donors (Lipinski definition) is 1. The zero-order valence-electron chi connectivity index (χ0n) is 22.8. The Hall–Kier alpha value is -2.19. The lowest BCUT2D eigenvalue weighted by Crippen LogP contribution is -2.64. The second-order valence-corrected chi connectivity index (χ2v) is 16.8. The molecule has 0 radical (unpaired) electrons. The Balaban J connectivity index is 2.11. The lowest BCUT2D eigenvalue weighted by Gasteiger charge is -2.49. The van der Waals surface area contributed by atoms with Crippen molar-refractivity contribution in [3.8, 4) is 0 Å². The summed E-state index contributed by atoms with van der Waals surface area (Å²) in [6.07, 6.45) is -0.541. The molecule has 192 valence electrons. The molecule has 7 heteroatoms. The molecule has 0 bridgehead atoms. The fourth-order valence-corrected chi connectivity index (χ4v) is 5.67. The van der Waals surface area contributed by atoms with Gasteiger partial charge in [-0.15, -0.1) is 0 Å². The van der Waals surface area contributed by atoms with Crippen LogP contribution in [0.5, 0.6) is 0 Å². The minimum atomic E-state index is -2.33. The van der Waals surface area contributed by atoms with Crippen molar-refractivity contribution in [3.05, 3.63) is 71.8 Å². The molecule has 1 N–H and O–H groups in total. The quantitative estimate of drug-likeness (QED) is 0.455. The monoisotopic (exact) mass is 498 g/mol. The van der Waals surface area contributed by atoms with Gasteiger partial charge in [0.1, 0.15) is 11.2 Å². The van der Waals surface area contributed by atoms with Crippen LogP contribution in [0.15, 0.2) is 60.7 Å². The number of ether oxygens (including phenoxy) is 1. The van der Waals surface area contributed by atoms with Crippen LogP contribution in [0.1, 0.15) is 59.6 Å². The summed E-state index contributed by atoms with van der Waals surface area (Å²) in [6, 6.07) is 20.3. The number of carbonyl (C=O) groups excluding carboxylic acids is 1. The van der Waals surface area contributed by atoms with Gasteiger partial charge in [0.05, 0.1) is 6.54 Å². The molecule has 2 unspecified atom stereocenters. The first-order valence-electron chi connectivity index (χ1n) is 12.3. The number of nitrogens with one attached hydrogen (secondary N) is 1. The van der Waals surface area contributed by atoms with Crippen LogP contribution in [0, 0.1) is 0 Å². The second-order valence-electron chi connectivity index (χ2n) is 12.1. The Morgan fingerprint density at radius 3 is 2.06 bits per heavy atom. The molecule has 1 saturated heterocycles. The van der Waals surface area contributed by atoms with Gasteiger partial charge in [-0.1, -0.05) is 81.4 Å². The average Bonchev–Trinajstić information content (AvgIpc) is 2.97. The van der Waals surface area contributed by atoms with Gasteiger partial charge >= 0.3 is 6.09 Å². The number of benzene rings is 2. The number of hydroxylamine groups is 2. The summed E-state index contributed by atoms with van der Waals surface area (Å²) in [5, 5.41) is 4.91. The highest BCUT2D eigenvalue weighted by atomic mass is 28.4. The van der Waals surface area contributed by atoms with Gasteiger partial charge < -0.3 is 9.16 Å². The van der Waals surface area contributed by atoms with E-state index in [4.69, 9.17) is 14.0 Å². The normalized spacial score (nSPS) is 23.8. The van der Waals surface area contributed by atoms with Crippen LogP contribution in [-0.4, -0.2) is 37.3 Å². The van der Waals surface area contributed by atoms with Crippen molar-refractivity contribution in [1.29, 1.82) is 0 Å². The zero-order chi connectivity index (χ0) is 26.1. The van der Waals surface area contributed by atoms with Gasteiger partial charge in [0.25, 0.3) is 0 Å². The third-order valence-corrected chi connectivity index (χ3v) is 11.4. The van der Waals surface area contributed by atoms with E-state index >= 15 is 0 Å². The maximum atomic E-state index is 13.1. The molecule has 0 saturated carbocycles. The topological polar surface area (TPSA) is 60.0 Å². The van der Waals surface area contributed by atoms with E-state index in [0.717, 1.165) is 11.1 Å². The lowest BCUT2D eigenvalue weighted by atomic mass is 9.84. The molecule has 0 aliphatic carbocycles. The largest absolute Gasteiger partial charge is 0.444 e. The van der Waals surface area contributed by atoms with Gasteiger partial charge in [-0.05, 0) is 57.0 Å². The fraction of sp³-hybridized carbons (Fsp3) is 0.536. The van der Waals surface area contributed by atoms with Crippen LogP contribution in [0.3, 0.4) is 0 Å². The maximum absolute atomic E-state index is 13.1. The molecule has 1 heterocycles. The molecule has 3 rings (SSSR count). The molecular formula is C28H42N2O4Si. The molecule has 1 fully saturated rings. The van der Waals surface area contributed by atoms with Gasteiger partial charge in [0.2, 0.25) is 0 Å². The Morgan fingerprint density at radius 1 is 1.00 bits per heavy atom. The third-order valence-electron chi connectivity index (χ3n) is 6.90. The van der Waals surface area contributed by atoms with Crippen LogP contribution in [0.4, 0.5) is 4.79 Å². The number of rotatable bonds is 6. The van der Waals surface area contributed by atoms with Crippen molar-refractivity contribution in [2.24, 2.45) is 0 Å². The molecule has 2 atom stereocenters. The Morgan fingerprint density at radius 2 is 1.54 bits per heavy atom. The molecule has 1 aliphatic rings. The van der Waals surface area contributed by atoms with Crippen molar-refractivity contribution < 1.29 is 18.8 Å². The van der Waals surface area contributed by atoms with E-state index in [1.54, 1.807) is 0 Å². The molecule has 35 heavy (non-hydrogen) atoms. The first-order chi connectivity index (χ1) is 16.1. The molecule has 0 aromatic heterocycles. The highest BCUT2D eigenvalue weighted by Gasteiger charge is 2.63. The minimum Gasteiger partial charge on any atom is -0.444 e. The average molecular weight is 499 g/mol. The SMILES string of the molecule is CC(C)(C)OC(=O)NC1(C)ON(Cc2ccccc2)CC1(O[Si](C)(C)C(C)(C)C)c1ccccc1. The zero-order valence-corrected chi connectivity index (χ0v) is 23.8. The molecule has 2 aromatic rings. The first-order valence-corrected chi connectivity index (χ1v) is 15.2. The summed E-state index contributed by atoms with van der Waals surface area (Å²) in [4.78, 5) is 19.7. The molecule has 1 amide bonds. The lowest BCUT2D eigenvalue weighted by molar-refractivity contribution is -0.221. The van der Waals surface area contributed by atoms with Crippen molar-refractivity contribution in [2.45, 2.75) is 90.1 Å². The van der Waals surface area contributed by atoms with E-state index in [9.17, 15) is 4.79 Å². The smallest absolute Gasteiger partial charge is 0.410 e. The highest BCUT2D eigenvalue weighted by molar-refractivity contribution is 6.74. The van der Waals surface area contributed by atoms with Gasteiger partial charge in [-0.3, -0.25) is 10.2 Å². The number of hydrogen-bond acceptors (Lipinski definition) is 5. The molecular weight excluding hydrogens is 456 g/mol. The van der Waals surface area contributed by atoms with Crippen LogP contribution < -0.4 is 5.32 Å².